The van der Waals surface area contributed by atoms with E-state index in [0.717, 1.165) is 19.3 Å². The molecule has 21 heavy (non-hydrogen) atoms. The van der Waals surface area contributed by atoms with Gasteiger partial charge in [0.05, 0.1) is 17.1 Å². The third kappa shape index (κ3) is 3.33. The summed E-state index contributed by atoms with van der Waals surface area (Å²) >= 11 is 5.74. The molecule has 2 atom stereocenters. The lowest BCUT2D eigenvalue weighted by Crippen LogP contribution is -2.46. The second-order valence-electron chi connectivity index (χ2n) is 5.26. The predicted octanol–water partition coefficient (Wildman–Crippen LogP) is 2.62. The van der Waals surface area contributed by atoms with Crippen LogP contribution in [0.5, 0.6) is 0 Å². The third-order valence-corrected chi connectivity index (χ3v) is 4.22. The normalized spacial score (nSPS) is 21.9. The number of carbonyl (C=O) groups is 1. The first kappa shape index (κ1) is 15.7. The number of halogens is 1. The van der Waals surface area contributed by atoms with Gasteiger partial charge in [0.1, 0.15) is 5.02 Å². The van der Waals surface area contributed by atoms with Gasteiger partial charge < -0.3 is 10.0 Å². The van der Waals surface area contributed by atoms with Crippen molar-refractivity contribution in [2.24, 2.45) is 0 Å². The molecule has 1 aliphatic rings. The van der Waals surface area contributed by atoms with E-state index in [4.69, 9.17) is 11.6 Å². The summed E-state index contributed by atoms with van der Waals surface area (Å²) in [6, 6.07) is 3.73. The molecule has 6 nitrogen and oxygen atoms in total. The van der Waals surface area contributed by atoms with E-state index in [1.54, 1.807) is 7.05 Å². The largest absolute Gasteiger partial charge is 0.391 e. The number of hydrogen-bond donors (Lipinski definition) is 1. The fourth-order valence-electron chi connectivity index (χ4n) is 2.68. The molecule has 2 rings (SSSR count). The zero-order valence-electron chi connectivity index (χ0n) is 11.7. The first-order valence-electron chi connectivity index (χ1n) is 6.81. The van der Waals surface area contributed by atoms with Gasteiger partial charge in [-0.15, -0.1) is 0 Å². The summed E-state index contributed by atoms with van der Waals surface area (Å²) in [5, 5.41) is 20.9. The molecule has 0 bridgehead atoms. The van der Waals surface area contributed by atoms with Crippen LogP contribution in [0.2, 0.25) is 5.02 Å². The molecule has 1 fully saturated rings. The van der Waals surface area contributed by atoms with Crippen LogP contribution in [-0.4, -0.2) is 40.0 Å². The van der Waals surface area contributed by atoms with Crippen LogP contribution in [0.4, 0.5) is 5.69 Å². The zero-order valence-corrected chi connectivity index (χ0v) is 12.4. The number of amides is 1. The second-order valence-corrected chi connectivity index (χ2v) is 5.67. The van der Waals surface area contributed by atoms with Crippen molar-refractivity contribution in [2.75, 3.05) is 7.05 Å². The number of carbonyl (C=O) groups excluding carboxylic acids is 1. The van der Waals surface area contributed by atoms with Crippen molar-refractivity contribution >= 4 is 23.2 Å². The minimum atomic E-state index is -0.616. The fraction of sp³-hybridized carbons (Fsp3) is 0.500. The number of hydrogen-bond acceptors (Lipinski definition) is 4. The van der Waals surface area contributed by atoms with Gasteiger partial charge in [-0.05, 0) is 25.0 Å². The zero-order chi connectivity index (χ0) is 15.6. The van der Waals surface area contributed by atoms with Gasteiger partial charge in [-0.3, -0.25) is 14.9 Å². The van der Waals surface area contributed by atoms with Crippen molar-refractivity contribution in [1.29, 1.82) is 0 Å². The van der Waals surface area contributed by atoms with Crippen molar-refractivity contribution < 1.29 is 14.8 Å². The van der Waals surface area contributed by atoms with E-state index < -0.39 is 11.0 Å². The molecule has 0 aliphatic heterocycles. The highest BCUT2D eigenvalue weighted by Crippen LogP contribution is 2.27. The summed E-state index contributed by atoms with van der Waals surface area (Å²) in [5.41, 5.74) is -0.0912. The van der Waals surface area contributed by atoms with Crippen LogP contribution >= 0.6 is 11.6 Å². The van der Waals surface area contributed by atoms with Gasteiger partial charge in [-0.2, -0.15) is 0 Å². The molecule has 0 saturated heterocycles. The first-order valence-corrected chi connectivity index (χ1v) is 7.18. The molecule has 0 aromatic heterocycles. The molecule has 1 aromatic carbocycles. The van der Waals surface area contributed by atoms with E-state index >= 15 is 0 Å². The molecule has 1 aliphatic carbocycles. The Morgan fingerprint density at radius 1 is 1.43 bits per heavy atom. The highest BCUT2D eigenvalue weighted by Gasteiger charge is 2.30. The smallest absolute Gasteiger partial charge is 0.288 e. The molecule has 0 radical (unpaired) electrons. The maximum atomic E-state index is 12.4. The number of nitrogens with zero attached hydrogens (tertiary/aromatic N) is 2. The van der Waals surface area contributed by atoms with Gasteiger partial charge in [-0.25, -0.2) is 0 Å². The van der Waals surface area contributed by atoms with Crippen molar-refractivity contribution in [2.45, 2.75) is 37.8 Å². The van der Waals surface area contributed by atoms with Gasteiger partial charge in [0, 0.05) is 18.7 Å². The predicted molar refractivity (Wildman–Crippen MR) is 78.5 cm³/mol. The van der Waals surface area contributed by atoms with E-state index in [1.165, 1.54) is 23.1 Å². The number of rotatable bonds is 3. The first-order chi connectivity index (χ1) is 9.91. The maximum absolute atomic E-state index is 12.4. The monoisotopic (exact) mass is 312 g/mol. The molecule has 1 N–H and O–H groups in total. The summed E-state index contributed by atoms with van der Waals surface area (Å²) in [5.74, 6) is -0.347. The summed E-state index contributed by atoms with van der Waals surface area (Å²) in [6.07, 6.45) is 2.77. The minimum absolute atomic E-state index is 0.00287. The van der Waals surface area contributed by atoms with Crippen molar-refractivity contribution in [3.05, 3.63) is 38.9 Å². The van der Waals surface area contributed by atoms with Gasteiger partial charge in [-0.1, -0.05) is 24.4 Å². The summed E-state index contributed by atoms with van der Waals surface area (Å²) < 4.78 is 0. The van der Waals surface area contributed by atoms with E-state index in [2.05, 4.69) is 0 Å². The third-order valence-electron chi connectivity index (χ3n) is 3.90. The van der Waals surface area contributed by atoms with Crippen molar-refractivity contribution in [1.82, 2.24) is 4.90 Å². The summed E-state index contributed by atoms with van der Waals surface area (Å²) in [7, 11) is 1.61. The Balaban J connectivity index is 2.23. The number of nitro benzene ring substituents is 1. The lowest BCUT2D eigenvalue weighted by Gasteiger charge is -2.35. The number of likely N-dealkylation sites (N-methyl/N-ethyl adjacent to an activating group) is 1. The SMILES string of the molecule is CN(C(=O)c1ccc(Cl)c([N+](=O)[O-])c1)[C@@H]1CCCC[C@H]1O. The average Bonchev–Trinajstić information content (AvgIpc) is 2.46. The number of nitro groups is 1. The molecule has 1 saturated carbocycles. The number of aliphatic hydroxyl groups is 1. The minimum Gasteiger partial charge on any atom is -0.391 e. The molecule has 0 unspecified atom stereocenters. The van der Waals surface area contributed by atoms with Crippen LogP contribution < -0.4 is 0 Å². The standard InChI is InChI=1S/C14H17ClN2O4/c1-16(11-4-2-3-5-13(11)18)14(19)9-6-7-10(15)12(8-9)17(20)21/h6-8,11,13,18H,2-5H2,1H3/t11-,13-/m1/s1. The highest BCUT2D eigenvalue weighted by molar-refractivity contribution is 6.32. The highest BCUT2D eigenvalue weighted by atomic mass is 35.5. The molecule has 1 amide bonds. The molecule has 1 aromatic rings. The molecule has 0 spiro atoms. The summed E-state index contributed by atoms with van der Waals surface area (Å²) in [6.45, 7) is 0. The van der Waals surface area contributed by atoms with Gasteiger partial charge in [0.15, 0.2) is 0 Å². The van der Waals surface area contributed by atoms with Crippen LogP contribution in [0.3, 0.4) is 0 Å². The van der Waals surface area contributed by atoms with Crippen LogP contribution in [0.25, 0.3) is 0 Å². The van der Waals surface area contributed by atoms with E-state index in [9.17, 15) is 20.0 Å². The van der Waals surface area contributed by atoms with Gasteiger partial charge in [0.25, 0.3) is 11.6 Å². The Bertz CT molecular complexity index is 564. The number of benzene rings is 1. The van der Waals surface area contributed by atoms with Gasteiger partial charge in [0.2, 0.25) is 0 Å². The molecule has 7 heteroatoms. The number of aliphatic hydroxyl groups excluding tert-OH is 1. The van der Waals surface area contributed by atoms with Crippen molar-refractivity contribution in [3.63, 3.8) is 0 Å². The van der Waals surface area contributed by atoms with Gasteiger partial charge >= 0.3 is 0 Å². The maximum Gasteiger partial charge on any atom is 0.288 e. The summed E-state index contributed by atoms with van der Waals surface area (Å²) in [4.78, 5) is 24.2. The molecule has 114 valence electrons. The van der Waals surface area contributed by atoms with E-state index in [0.29, 0.717) is 6.42 Å². The average molecular weight is 313 g/mol. The molecular weight excluding hydrogens is 296 g/mol. The van der Waals surface area contributed by atoms with Crippen LogP contribution in [0, 0.1) is 10.1 Å². The Morgan fingerprint density at radius 3 is 2.71 bits per heavy atom. The molecular formula is C14H17ClN2O4. The quantitative estimate of drug-likeness (QED) is 0.687. The lowest BCUT2D eigenvalue weighted by molar-refractivity contribution is -0.384. The molecule has 0 heterocycles. The van der Waals surface area contributed by atoms with E-state index in [1.807, 2.05) is 0 Å². The Labute approximate surface area is 127 Å². The van der Waals surface area contributed by atoms with Crippen LogP contribution in [-0.2, 0) is 0 Å². The van der Waals surface area contributed by atoms with Crippen LogP contribution in [0.1, 0.15) is 36.0 Å². The Hall–Kier alpha value is -1.66. The lowest BCUT2D eigenvalue weighted by atomic mass is 9.91. The Morgan fingerprint density at radius 2 is 2.10 bits per heavy atom. The van der Waals surface area contributed by atoms with Crippen molar-refractivity contribution in [3.8, 4) is 0 Å². The topological polar surface area (TPSA) is 83.7 Å². The fourth-order valence-corrected chi connectivity index (χ4v) is 2.87. The Kier molecular flexibility index (Phi) is 4.80. The van der Waals surface area contributed by atoms with Crippen LogP contribution in [0.15, 0.2) is 18.2 Å². The van der Waals surface area contributed by atoms with E-state index in [-0.39, 0.29) is 28.2 Å². The second kappa shape index (κ2) is 6.41.